The summed E-state index contributed by atoms with van der Waals surface area (Å²) < 4.78 is 5.33. The molecule has 1 atom stereocenters. The van der Waals surface area contributed by atoms with Crippen molar-refractivity contribution in [3.8, 4) is 0 Å². The number of rotatable bonds is 4. The van der Waals surface area contributed by atoms with E-state index in [2.05, 4.69) is 36.5 Å². The van der Waals surface area contributed by atoms with Gasteiger partial charge in [0.25, 0.3) is 0 Å². The summed E-state index contributed by atoms with van der Waals surface area (Å²) in [5.74, 6) is 0. The van der Waals surface area contributed by atoms with Crippen LogP contribution in [0, 0.1) is 0 Å². The van der Waals surface area contributed by atoms with Crippen molar-refractivity contribution in [1.82, 2.24) is 0 Å². The zero-order valence-corrected chi connectivity index (χ0v) is 9.33. The third-order valence-corrected chi connectivity index (χ3v) is 2.79. The molecule has 0 bridgehead atoms. The van der Waals surface area contributed by atoms with Crippen LogP contribution in [0.4, 0.5) is 5.69 Å². The molecule has 0 saturated carbocycles. The minimum atomic E-state index is 0.502. The summed E-state index contributed by atoms with van der Waals surface area (Å²) in [6.45, 7) is 3.95. The zero-order chi connectivity index (χ0) is 10.5. The molecule has 1 aromatic carbocycles. The maximum atomic E-state index is 5.33. The molecule has 1 N–H and O–H groups in total. The lowest BCUT2D eigenvalue weighted by Gasteiger charge is -2.12. The molecule has 1 saturated heterocycles. The molecule has 2 nitrogen and oxygen atoms in total. The van der Waals surface area contributed by atoms with Crippen LogP contribution in [0.15, 0.2) is 24.3 Å². The van der Waals surface area contributed by atoms with Crippen LogP contribution in [0.2, 0.25) is 0 Å². The first-order valence-electron chi connectivity index (χ1n) is 5.81. The van der Waals surface area contributed by atoms with Crippen LogP contribution in [0.3, 0.4) is 0 Å². The van der Waals surface area contributed by atoms with Crippen LogP contribution in [0.5, 0.6) is 0 Å². The zero-order valence-electron chi connectivity index (χ0n) is 9.33. The molecule has 2 rings (SSSR count). The molecule has 15 heavy (non-hydrogen) atoms. The highest BCUT2D eigenvalue weighted by molar-refractivity contribution is 5.45. The normalized spacial score (nSPS) is 20.5. The van der Waals surface area contributed by atoms with Gasteiger partial charge in [-0.25, -0.2) is 0 Å². The molecule has 0 amide bonds. The predicted octanol–water partition coefficient (Wildman–Crippen LogP) is 2.84. The summed E-state index contributed by atoms with van der Waals surface area (Å²) in [4.78, 5) is 0. The Labute approximate surface area is 91.6 Å². The fraction of sp³-hybridized carbons (Fsp3) is 0.538. The van der Waals surface area contributed by atoms with E-state index in [-0.39, 0.29) is 0 Å². The van der Waals surface area contributed by atoms with Crippen molar-refractivity contribution in [3.63, 3.8) is 0 Å². The predicted molar refractivity (Wildman–Crippen MR) is 63.3 cm³/mol. The fourth-order valence-corrected chi connectivity index (χ4v) is 1.94. The third-order valence-electron chi connectivity index (χ3n) is 2.79. The number of nitrogens with one attached hydrogen (secondary N) is 1. The second-order valence-electron chi connectivity index (χ2n) is 4.15. The summed E-state index contributed by atoms with van der Waals surface area (Å²) in [5.41, 5.74) is 2.64. The van der Waals surface area contributed by atoms with Crippen LogP contribution in [0.25, 0.3) is 0 Å². The molecular weight excluding hydrogens is 186 g/mol. The number of hydrogen-bond acceptors (Lipinski definition) is 2. The Morgan fingerprint density at radius 2 is 2.13 bits per heavy atom. The van der Waals surface area contributed by atoms with Gasteiger partial charge in [0, 0.05) is 12.3 Å². The first kappa shape index (κ1) is 10.5. The quantitative estimate of drug-likeness (QED) is 0.816. The monoisotopic (exact) mass is 205 g/mol. The lowest BCUT2D eigenvalue weighted by Crippen LogP contribution is -2.18. The average molecular weight is 205 g/mol. The van der Waals surface area contributed by atoms with E-state index in [0.717, 1.165) is 19.6 Å². The summed E-state index contributed by atoms with van der Waals surface area (Å²) >= 11 is 0. The van der Waals surface area contributed by atoms with Gasteiger partial charge in [-0.3, -0.25) is 0 Å². The molecule has 1 aliphatic heterocycles. The molecule has 1 fully saturated rings. The minimum absolute atomic E-state index is 0.502. The van der Waals surface area contributed by atoms with Crippen molar-refractivity contribution in [2.75, 3.05) is 18.5 Å². The number of benzene rings is 1. The van der Waals surface area contributed by atoms with E-state index in [1.807, 2.05) is 0 Å². The van der Waals surface area contributed by atoms with Gasteiger partial charge in [0.05, 0.1) is 12.6 Å². The van der Waals surface area contributed by atoms with Crippen LogP contribution in [0.1, 0.15) is 25.3 Å². The molecule has 0 radical (unpaired) electrons. The largest absolute Gasteiger partial charge is 0.380 e. The highest BCUT2D eigenvalue weighted by Crippen LogP contribution is 2.15. The Morgan fingerprint density at radius 3 is 2.73 bits per heavy atom. The standard InChI is InChI=1S/C13H19NO/c1-2-3-11-4-6-12(7-5-11)14-13-8-9-15-10-13/h4-7,13-14H,2-3,8-10H2,1H3. The van der Waals surface area contributed by atoms with E-state index >= 15 is 0 Å². The van der Waals surface area contributed by atoms with Crippen LogP contribution in [-0.2, 0) is 11.2 Å². The maximum absolute atomic E-state index is 5.33. The summed E-state index contributed by atoms with van der Waals surface area (Å²) in [5, 5.41) is 3.49. The molecular formula is C13H19NO. The average Bonchev–Trinajstić information content (AvgIpc) is 2.74. The molecule has 0 aliphatic carbocycles. The van der Waals surface area contributed by atoms with Gasteiger partial charge in [-0.1, -0.05) is 25.5 Å². The van der Waals surface area contributed by atoms with Crippen molar-refractivity contribution in [2.24, 2.45) is 0 Å². The molecule has 0 spiro atoms. The first-order valence-corrected chi connectivity index (χ1v) is 5.81. The molecule has 1 unspecified atom stereocenters. The molecule has 0 aromatic heterocycles. The number of ether oxygens (including phenoxy) is 1. The summed E-state index contributed by atoms with van der Waals surface area (Å²) in [7, 11) is 0. The van der Waals surface area contributed by atoms with Gasteiger partial charge in [-0.15, -0.1) is 0 Å². The summed E-state index contributed by atoms with van der Waals surface area (Å²) in [6, 6.07) is 9.26. The number of aryl methyl sites for hydroxylation is 1. The van der Waals surface area contributed by atoms with E-state index in [1.54, 1.807) is 0 Å². The highest BCUT2D eigenvalue weighted by atomic mass is 16.5. The number of hydrogen-bond donors (Lipinski definition) is 1. The van der Waals surface area contributed by atoms with Crippen LogP contribution >= 0.6 is 0 Å². The van der Waals surface area contributed by atoms with Gasteiger partial charge in [-0.2, -0.15) is 0 Å². The van der Waals surface area contributed by atoms with Gasteiger partial charge in [0.2, 0.25) is 0 Å². The van der Waals surface area contributed by atoms with Crippen LogP contribution < -0.4 is 5.32 Å². The maximum Gasteiger partial charge on any atom is 0.0668 e. The smallest absolute Gasteiger partial charge is 0.0668 e. The Hall–Kier alpha value is -1.02. The van der Waals surface area contributed by atoms with Gasteiger partial charge in [0.15, 0.2) is 0 Å². The SMILES string of the molecule is CCCc1ccc(NC2CCOC2)cc1. The molecule has 1 aromatic rings. The second-order valence-corrected chi connectivity index (χ2v) is 4.15. The van der Waals surface area contributed by atoms with E-state index in [9.17, 15) is 0 Å². The number of anilines is 1. The van der Waals surface area contributed by atoms with Gasteiger partial charge in [-0.05, 0) is 30.5 Å². The third kappa shape index (κ3) is 2.96. The fourth-order valence-electron chi connectivity index (χ4n) is 1.94. The highest BCUT2D eigenvalue weighted by Gasteiger charge is 2.14. The molecule has 1 aliphatic rings. The Balaban J connectivity index is 1.91. The van der Waals surface area contributed by atoms with Crippen molar-refractivity contribution in [1.29, 1.82) is 0 Å². The van der Waals surface area contributed by atoms with Gasteiger partial charge in [0.1, 0.15) is 0 Å². The van der Waals surface area contributed by atoms with Crippen molar-refractivity contribution >= 4 is 5.69 Å². The van der Waals surface area contributed by atoms with E-state index in [1.165, 1.54) is 24.1 Å². The molecule has 82 valence electrons. The minimum Gasteiger partial charge on any atom is -0.380 e. The van der Waals surface area contributed by atoms with Crippen molar-refractivity contribution in [3.05, 3.63) is 29.8 Å². The van der Waals surface area contributed by atoms with Gasteiger partial charge < -0.3 is 10.1 Å². The topological polar surface area (TPSA) is 21.3 Å². The van der Waals surface area contributed by atoms with Gasteiger partial charge >= 0.3 is 0 Å². The lowest BCUT2D eigenvalue weighted by atomic mass is 10.1. The lowest BCUT2D eigenvalue weighted by molar-refractivity contribution is 0.195. The Bertz CT molecular complexity index is 288. The van der Waals surface area contributed by atoms with E-state index < -0.39 is 0 Å². The van der Waals surface area contributed by atoms with Crippen molar-refractivity contribution < 1.29 is 4.74 Å². The van der Waals surface area contributed by atoms with Crippen molar-refractivity contribution in [2.45, 2.75) is 32.2 Å². The van der Waals surface area contributed by atoms with E-state index in [4.69, 9.17) is 4.74 Å². The molecule has 1 heterocycles. The second kappa shape index (κ2) is 5.17. The molecule has 2 heteroatoms. The van der Waals surface area contributed by atoms with E-state index in [0.29, 0.717) is 6.04 Å². The van der Waals surface area contributed by atoms with Crippen LogP contribution in [-0.4, -0.2) is 19.3 Å². The Kier molecular flexibility index (Phi) is 3.62. The summed E-state index contributed by atoms with van der Waals surface area (Å²) in [6.07, 6.45) is 3.51. The Morgan fingerprint density at radius 1 is 1.33 bits per heavy atom. The first-order chi connectivity index (χ1) is 7.38.